The van der Waals surface area contributed by atoms with Gasteiger partial charge in [-0.3, -0.25) is 0 Å². The summed E-state index contributed by atoms with van der Waals surface area (Å²) in [7, 11) is -3.82. The summed E-state index contributed by atoms with van der Waals surface area (Å²) in [4.78, 5) is -0.167. The van der Waals surface area contributed by atoms with E-state index in [1.165, 1.54) is 12.1 Å². The van der Waals surface area contributed by atoms with E-state index in [0.29, 0.717) is 12.1 Å². The first-order valence-electron chi connectivity index (χ1n) is 6.66. The van der Waals surface area contributed by atoms with Crippen molar-refractivity contribution in [1.29, 1.82) is 0 Å². The van der Waals surface area contributed by atoms with Gasteiger partial charge in [0.1, 0.15) is 4.90 Å². The van der Waals surface area contributed by atoms with Crippen LogP contribution in [0.15, 0.2) is 17.0 Å². The van der Waals surface area contributed by atoms with E-state index < -0.39 is 10.0 Å². The predicted molar refractivity (Wildman–Crippen MR) is 86.2 cm³/mol. The van der Waals surface area contributed by atoms with Crippen molar-refractivity contribution in [2.24, 2.45) is 5.92 Å². The molecule has 0 heterocycles. The van der Waals surface area contributed by atoms with Gasteiger partial charge in [0.05, 0.1) is 10.0 Å². The van der Waals surface area contributed by atoms with Gasteiger partial charge in [-0.1, -0.05) is 36.5 Å². The average molecular weight is 355 g/mol. The molecule has 8 heteroatoms. The smallest absolute Gasteiger partial charge is 0.243 e. The van der Waals surface area contributed by atoms with Crippen LogP contribution >= 0.6 is 23.2 Å². The van der Waals surface area contributed by atoms with E-state index >= 15 is 0 Å². The Bertz CT molecular complexity index is 550. The SMILES string of the molecule is CCCC(CCO)CNS(=O)(=O)c1c(Cl)cc(N)cc1Cl. The lowest BCUT2D eigenvalue weighted by Crippen LogP contribution is -2.30. The molecule has 0 amide bonds. The number of nitrogens with one attached hydrogen (secondary N) is 1. The zero-order valence-corrected chi connectivity index (χ0v) is 14.1. The quantitative estimate of drug-likeness (QED) is 0.625. The van der Waals surface area contributed by atoms with E-state index in [1.54, 1.807) is 0 Å². The highest BCUT2D eigenvalue weighted by Crippen LogP contribution is 2.31. The van der Waals surface area contributed by atoms with E-state index in [1.807, 2.05) is 6.92 Å². The minimum atomic E-state index is -3.82. The highest BCUT2D eigenvalue weighted by molar-refractivity contribution is 7.89. The molecule has 1 rings (SSSR count). The molecule has 1 aromatic carbocycles. The van der Waals surface area contributed by atoms with E-state index in [-0.39, 0.29) is 34.0 Å². The summed E-state index contributed by atoms with van der Waals surface area (Å²) in [5, 5.41) is 8.97. The molecule has 5 nitrogen and oxygen atoms in total. The molecule has 0 saturated heterocycles. The Morgan fingerprint density at radius 2 is 1.86 bits per heavy atom. The maximum atomic E-state index is 12.3. The van der Waals surface area contributed by atoms with Crippen LogP contribution in [-0.4, -0.2) is 26.7 Å². The first kappa shape index (κ1) is 18.5. The molecule has 0 saturated carbocycles. The van der Waals surface area contributed by atoms with Crippen LogP contribution in [0.1, 0.15) is 26.2 Å². The summed E-state index contributed by atoms with van der Waals surface area (Å²) >= 11 is 11.9. The first-order valence-corrected chi connectivity index (χ1v) is 8.90. The number of nitrogens with two attached hydrogens (primary N) is 1. The molecule has 120 valence electrons. The zero-order valence-electron chi connectivity index (χ0n) is 11.8. The van der Waals surface area contributed by atoms with E-state index in [9.17, 15) is 8.42 Å². The van der Waals surface area contributed by atoms with Gasteiger partial charge >= 0.3 is 0 Å². The standard InChI is InChI=1S/C13H20Cl2N2O3S/c1-2-3-9(4-5-18)8-17-21(19,20)13-11(14)6-10(16)7-12(13)15/h6-7,9,17-18H,2-5,8,16H2,1H3. The number of aliphatic hydroxyl groups is 1. The Morgan fingerprint density at radius 1 is 1.29 bits per heavy atom. The maximum Gasteiger partial charge on any atom is 0.243 e. The number of nitrogen functional groups attached to an aromatic ring is 1. The Kier molecular flexibility index (Phi) is 7.23. The number of hydrogen-bond donors (Lipinski definition) is 3. The molecule has 0 bridgehead atoms. The minimum absolute atomic E-state index is 0.0123. The number of hydrogen-bond acceptors (Lipinski definition) is 4. The predicted octanol–water partition coefficient (Wildman–Crippen LogP) is 2.65. The third kappa shape index (κ3) is 5.30. The van der Waals surface area contributed by atoms with Crippen molar-refractivity contribution in [3.63, 3.8) is 0 Å². The Hall–Kier alpha value is -0.530. The number of anilines is 1. The second-order valence-corrected chi connectivity index (χ2v) is 7.35. The van der Waals surface area contributed by atoms with Gasteiger partial charge in [-0.15, -0.1) is 0 Å². The fourth-order valence-electron chi connectivity index (χ4n) is 2.08. The van der Waals surface area contributed by atoms with Crippen LogP contribution in [0.4, 0.5) is 5.69 Å². The summed E-state index contributed by atoms with van der Waals surface area (Å²) < 4.78 is 27.1. The minimum Gasteiger partial charge on any atom is -0.399 e. The van der Waals surface area contributed by atoms with Crippen LogP contribution in [0, 0.1) is 5.92 Å². The van der Waals surface area contributed by atoms with Crippen molar-refractivity contribution in [3.8, 4) is 0 Å². The van der Waals surface area contributed by atoms with E-state index in [2.05, 4.69) is 4.72 Å². The van der Waals surface area contributed by atoms with Gasteiger partial charge in [0, 0.05) is 18.8 Å². The van der Waals surface area contributed by atoms with Crippen molar-refractivity contribution in [1.82, 2.24) is 4.72 Å². The highest BCUT2D eigenvalue weighted by Gasteiger charge is 2.23. The molecule has 0 aromatic heterocycles. The van der Waals surface area contributed by atoms with Gasteiger partial charge in [0.2, 0.25) is 10.0 Å². The molecule has 1 aromatic rings. The molecular formula is C13H20Cl2N2O3S. The van der Waals surface area contributed by atoms with Gasteiger partial charge in [0.15, 0.2) is 0 Å². The second kappa shape index (κ2) is 8.19. The maximum absolute atomic E-state index is 12.3. The average Bonchev–Trinajstić information content (AvgIpc) is 2.35. The number of benzene rings is 1. The van der Waals surface area contributed by atoms with Gasteiger partial charge in [-0.25, -0.2) is 13.1 Å². The lowest BCUT2D eigenvalue weighted by atomic mass is 10.0. The first-order chi connectivity index (χ1) is 9.81. The molecule has 21 heavy (non-hydrogen) atoms. The molecular weight excluding hydrogens is 335 g/mol. The third-order valence-electron chi connectivity index (χ3n) is 3.09. The molecule has 0 aliphatic carbocycles. The fourth-order valence-corrected chi connectivity index (χ4v) is 4.42. The summed E-state index contributed by atoms with van der Waals surface area (Å²) in [5.74, 6) is 0.0705. The van der Waals surface area contributed by atoms with Crippen molar-refractivity contribution < 1.29 is 13.5 Å². The summed E-state index contributed by atoms with van der Waals surface area (Å²) in [6.07, 6.45) is 2.28. The zero-order chi connectivity index (χ0) is 16.0. The van der Waals surface area contributed by atoms with Crippen LogP contribution in [0.2, 0.25) is 10.0 Å². The van der Waals surface area contributed by atoms with Crippen LogP contribution < -0.4 is 10.5 Å². The molecule has 0 fully saturated rings. The lowest BCUT2D eigenvalue weighted by Gasteiger charge is -2.17. The normalized spacial score (nSPS) is 13.3. The molecule has 0 aliphatic rings. The van der Waals surface area contributed by atoms with Crippen LogP contribution in [0.25, 0.3) is 0 Å². The highest BCUT2D eigenvalue weighted by atomic mass is 35.5. The Morgan fingerprint density at radius 3 is 2.33 bits per heavy atom. The van der Waals surface area contributed by atoms with E-state index in [4.69, 9.17) is 34.0 Å². The second-order valence-electron chi connectivity index (χ2n) is 4.83. The molecule has 0 spiro atoms. The monoisotopic (exact) mass is 354 g/mol. The number of rotatable bonds is 8. The van der Waals surface area contributed by atoms with E-state index in [0.717, 1.165) is 12.8 Å². The van der Waals surface area contributed by atoms with Gasteiger partial charge in [-0.2, -0.15) is 0 Å². The van der Waals surface area contributed by atoms with Crippen molar-refractivity contribution in [3.05, 3.63) is 22.2 Å². The van der Waals surface area contributed by atoms with Crippen LogP contribution in [0.3, 0.4) is 0 Å². The van der Waals surface area contributed by atoms with Crippen molar-refractivity contribution in [2.45, 2.75) is 31.1 Å². The number of halogens is 2. The van der Waals surface area contributed by atoms with Gasteiger partial charge < -0.3 is 10.8 Å². The number of sulfonamides is 1. The van der Waals surface area contributed by atoms with Gasteiger partial charge in [0.25, 0.3) is 0 Å². The Labute approximate surface area is 135 Å². The lowest BCUT2D eigenvalue weighted by molar-refractivity contribution is 0.251. The van der Waals surface area contributed by atoms with Crippen LogP contribution in [-0.2, 0) is 10.0 Å². The third-order valence-corrected chi connectivity index (χ3v) is 5.43. The van der Waals surface area contributed by atoms with Crippen LogP contribution in [0.5, 0.6) is 0 Å². The molecule has 0 radical (unpaired) electrons. The molecule has 1 atom stereocenters. The topological polar surface area (TPSA) is 92.4 Å². The number of aliphatic hydroxyl groups excluding tert-OH is 1. The van der Waals surface area contributed by atoms with Gasteiger partial charge in [-0.05, 0) is 30.9 Å². The fraction of sp³-hybridized carbons (Fsp3) is 0.538. The Balaban J connectivity index is 2.92. The summed E-state index contributed by atoms with van der Waals surface area (Å²) in [6, 6.07) is 2.69. The summed E-state index contributed by atoms with van der Waals surface area (Å²) in [6.45, 7) is 2.26. The molecule has 1 unspecified atom stereocenters. The molecule has 0 aliphatic heterocycles. The molecule has 4 N–H and O–H groups in total. The summed E-state index contributed by atoms with van der Waals surface area (Å²) in [5.41, 5.74) is 5.86. The van der Waals surface area contributed by atoms with Crippen molar-refractivity contribution >= 4 is 38.9 Å². The largest absolute Gasteiger partial charge is 0.399 e. The van der Waals surface area contributed by atoms with Crippen molar-refractivity contribution in [2.75, 3.05) is 18.9 Å².